The van der Waals surface area contributed by atoms with Crippen LogP contribution in [0, 0.1) is 6.92 Å². The van der Waals surface area contributed by atoms with E-state index in [-0.39, 0.29) is 11.6 Å². The number of benzene rings is 1. The molecule has 1 unspecified atom stereocenters. The first-order valence-electron chi connectivity index (χ1n) is 7.53. The number of hydrogen-bond acceptors (Lipinski definition) is 4. The van der Waals surface area contributed by atoms with Crippen molar-refractivity contribution in [2.24, 2.45) is 0 Å². The number of halogens is 1. The van der Waals surface area contributed by atoms with Crippen molar-refractivity contribution in [1.29, 1.82) is 0 Å². The van der Waals surface area contributed by atoms with Gasteiger partial charge in [-0.3, -0.25) is 4.79 Å². The first kappa shape index (κ1) is 14.8. The fourth-order valence-corrected chi connectivity index (χ4v) is 3.08. The largest absolute Gasteiger partial charge is 0.308 e. The van der Waals surface area contributed by atoms with Crippen molar-refractivity contribution < 1.29 is 0 Å². The predicted octanol–water partition coefficient (Wildman–Crippen LogP) is 3.01. The Bertz CT molecular complexity index is 1110. The van der Waals surface area contributed by atoms with E-state index in [9.17, 15) is 4.79 Å². The van der Waals surface area contributed by atoms with Crippen LogP contribution in [0.25, 0.3) is 16.7 Å². The Hall–Kier alpha value is -2.73. The minimum atomic E-state index is -0.120. The molecule has 0 amide bonds. The molecule has 0 bridgehead atoms. The van der Waals surface area contributed by atoms with Crippen LogP contribution in [0.4, 0.5) is 0 Å². The Labute approximate surface area is 142 Å². The number of nitrogens with zero attached hydrogens (tertiary/aromatic N) is 5. The van der Waals surface area contributed by atoms with Gasteiger partial charge in [-0.25, -0.2) is 4.98 Å². The molecule has 0 spiro atoms. The highest BCUT2D eigenvalue weighted by atomic mass is 35.5. The van der Waals surface area contributed by atoms with E-state index in [1.54, 1.807) is 15.3 Å². The molecule has 0 aliphatic carbocycles. The highest BCUT2D eigenvalue weighted by Crippen LogP contribution is 2.21. The number of pyridine rings is 1. The predicted molar refractivity (Wildman–Crippen MR) is 92.6 cm³/mol. The lowest BCUT2D eigenvalue weighted by Crippen LogP contribution is -2.25. The quantitative estimate of drug-likeness (QED) is 0.563. The zero-order valence-corrected chi connectivity index (χ0v) is 13.9. The van der Waals surface area contributed by atoms with Crippen LogP contribution in [0.1, 0.15) is 24.2 Å². The summed E-state index contributed by atoms with van der Waals surface area (Å²) in [6, 6.07) is 9.26. The Morgan fingerprint density at radius 2 is 1.92 bits per heavy atom. The van der Waals surface area contributed by atoms with Crippen LogP contribution in [0.15, 0.2) is 47.7 Å². The second-order valence-corrected chi connectivity index (χ2v) is 6.12. The Morgan fingerprint density at radius 1 is 1.17 bits per heavy atom. The maximum atomic E-state index is 13.0. The van der Waals surface area contributed by atoms with Gasteiger partial charge in [0.25, 0.3) is 11.3 Å². The molecule has 0 saturated carbocycles. The summed E-state index contributed by atoms with van der Waals surface area (Å²) >= 11 is 5.94. The van der Waals surface area contributed by atoms with Gasteiger partial charge in [0.1, 0.15) is 6.33 Å². The number of aryl methyl sites for hydroxylation is 1. The molecule has 0 N–H and O–H groups in total. The molecule has 0 saturated heterocycles. The second kappa shape index (κ2) is 5.42. The van der Waals surface area contributed by atoms with Crippen LogP contribution in [0.5, 0.6) is 0 Å². The lowest BCUT2D eigenvalue weighted by molar-refractivity contribution is 0.618. The van der Waals surface area contributed by atoms with E-state index in [4.69, 9.17) is 11.6 Å². The molecule has 0 radical (unpaired) electrons. The maximum absolute atomic E-state index is 13.0. The van der Waals surface area contributed by atoms with Crippen molar-refractivity contribution in [2.45, 2.75) is 19.9 Å². The van der Waals surface area contributed by atoms with Gasteiger partial charge in [0, 0.05) is 11.2 Å². The molecule has 120 valence electrons. The second-order valence-electron chi connectivity index (χ2n) is 5.68. The molecule has 1 atom stereocenters. The van der Waals surface area contributed by atoms with Crippen LogP contribution >= 0.6 is 11.6 Å². The molecule has 7 heteroatoms. The minimum Gasteiger partial charge on any atom is -0.308 e. The van der Waals surface area contributed by atoms with E-state index < -0.39 is 0 Å². The lowest BCUT2D eigenvalue weighted by Gasteiger charge is -2.17. The molecular formula is C17H14ClN5O. The fraction of sp³-hybridized carbons (Fsp3) is 0.176. The number of hydrogen-bond donors (Lipinski definition) is 0. The van der Waals surface area contributed by atoms with Crippen molar-refractivity contribution in [1.82, 2.24) is 24.1 Å². The van der Waals surface area contributed by atoms with Gasteiger partial charge in [0.15, 0.2) is 0 Å². The third-order valence-corrected chi connectivity index (χ3v) is 4.51. The average molecular weight is 340 g/mol. The summed E-state index contributed by atoms with van der Waals surface area (Å²) in [5, 5.41) is 5.38. The van der Waals surface area contributed by atoms with E-state index in [0.29, 0.717) is 27.4 Å². The van der Waals surface area contributed by atoms with E-state index in [0.717, 1.165) is 5.56 Å². The van der Waals surface area contributed by atoms with Gasteiger partial charge in [0.2, 0.25) is 0 Å². The summed E-state index contributed by atoms with van der Waals surface area (Å²) in [6.07, 6.45) is 3.22. The molecule has 0 aliphatic rings. The zero-order valence-electron chi connectivity index (χ0n) is 13.1. The Kier molecular flexibility index (Phi) is 3.35. The van der Waals surface area contributed by atoms with Crippen molar-refractivity contribution in [3.63, 3.8) is 0 Å². The van der Waals surface area contributed by atoms with Gasteiger partial charge in [-0.15, -0.1) is 0 Å². The smallest absolute Gasteiger partial charge is 0.262 e. The molecule has 4 rings (SSSR count). The Morgan fingerprint density at radius 3 is 2.67 bits per heavy atom. The average Bonchev–Trinajstić information content (AvgIpc) is 3.03. The summed E-state index contributed by atoms with van der Waals surface area (Å²) in [7, 11) is 0. The van der Waals surface area contributed by atoms with Crippen LogP contribution < -0.4 is 5.56 Å². The van der Waals surface area contributed by atoms with E-state index in [1.807, 2.05) is 44.2 Å². The third-order valence-electron chi connectivity index (χ3n) is 4.25. The molecule has 3 aromatic heterocycles. The first-order chi connectivity index (χ1) is 11.6. The molecule has 6 nitrogen and oxygen atoms in total. The number of rotatable bonds is 2. The molecule has 1 aromatic carbocycles. The Balaban J connectivity index is 1.95. The molecule has 24 heavy (non-hydrogen) atoms. The van der Waals surface area contributed by atoms with Gasteiger partial charge in [0.05, 0.1) is 22.6 Å². The van der Waals surface area contributed by atoms with Gasteiger partial charge >= 0.3 is 0 Å². The van der Waals surface area contributed by atoms with Gasteiger partial charge in [-0.05, 0) is 37.6 Å². The molecule has 0 aliphatic heterocycles. The summed E-state index contributed by atoms with van der Waals surface area (Å²) in [6.45, 7) is 3.79. The monoisotopic (exact) mass is 339 g/mol. The molecular weight excluding hydrogens is 326 g/mol. The van der Waals surface area contributed by atoms with Crippen molar-refractivity contribution >= 4 is 28.3 Å². The molecule has 3 heterocycles. The first-order valence-corrected chi connectivity index (χ1v) is 7.90. The van der Waals surface area contributed by atoms with E-state index >= 15 is 0 Å². The number of fused-ring (bicyclic) bond motifs is 3. The SMILES string of the molecule is Cc1nc2ncnn2c2ccn(C(C)c3ccc(Cl)cc3)c(=O)c12. The summed E-state index contributed by atoms with van der Waals surface area (Å²) in [4.78, 5) is 21.5. The summed E-state index contributed by atoms with van der Waals surface area (Å²) in [5.41, 5.74) is 2.26. The van der Waals surface area contributed by atoms with Crippen LogP contribution in [-0.4, -0.2) is 24.1 Å². The molecule has 0 fully saturated rings. The normalized spacial score (nSPS) is 12.8. The summed E-state index contributed by atoms with van der Waals surface area (Å²) in [5.74, 6) is 0.489. The van der Waals surface area contributed by atoms with Gasteiger partial charge in [-0.2, -0.15) is 14.6 Å². The highest BCUT2D eigenvalue weighted by molar-refractivity contribution is 6.30. The van der Waals surface area contributed by atoms with Gasteiger partial charge < -0.3 is 4.57 Å². The topological polar surface area (TPSA) is 65.1 Å². The minimum absolute atomic E-state index is 0.0997. The van der Waals surface area contributed by atoms with Crippen molar-refractivity contribution in [2.75, 3.05) is 0 Å². The highest BCUT2D eigenvalue weighted by Gasteiger charge is 2.15. The zero-order chi connectivity index (χ0) is 16.8. The van der Waals surface area contributed by atoms with Crippen LogP contribution in [-0.2, 0) is 0 Å². The fourth-order valence-electron chi connectivity index (χ4n) is 2.95. The van der Waals surface area contributed by atoms with Crippen LogP contribution in [0.3, 0.4) is 0 Å². The van der Waals surface area contributed by atoms with Crippen molar-refractivity contribution in [3.8, 4) is 0 Å². The maximum Gasteiger partial charge on any atom is 0.262 e. The molecule has 4 aromatic rings. The summed E-state index contributed by atoms with van der Waals surface area (Å²) < 4.78 is 3.28. The van der Waals surface area contributed by atoms with Gasteiger partial charge in [-0.1, -0.05) is 23.7 Å². The lowest BCUT2D eigenvalue weighted by atomic mass is 10.1. The van der Waals surface area contributed by atoms with Crippen molar-refractivity contribution in [3.05, 3.63) is 69.5 Å². The van der Waals surface area contributed by atoms with Crippen LogP contribution in [0.2, 0.25) is 5.02 Å². The van der Waals surface area contributed by atoms with E-state index in [2.05, 4.69) is 15.1 Å². The van der Waals surface area contributed by atoms with E-state index in [1.165, 1.54) is 6.33 Å². The number of aromatic nitrogens is 5. The third kappa shape index (κ3) is 2.18. The standard InChI is InChI=1S/C17H14ClN5O/c1-10-15-14(23-17(21-10)19-9-20-23)7-8-22(16(15)24)11(2)12-3-5-13(18)6-4-12/h3-9,11H,1-2H3.